The first-order chi connectivity index (χ1) is 12.1. The summed E-state index contributed by atoms with van der Waals surface area (Å²) in [5.41, 5.74) is 1.94. The summed E-state index contributed by atoms with van der Waals surface area (Å²) >= 11 is 0. The van der Waals surface area contributed by atoms with Crippen molar-refractivity contribution in [3.8, 4) is 0 Å². The second-order valence-corrected chi connectivity index (χ2v) is 5.72. The average molecular weight is 345 g/mol. The smallest absolute Gasteiger partial charge is 0.163 e. The molecule has 25 heavy (non-hydrogen) atoms. The van der Waals surface area contributed by atoms with Crippen molar-refractivity contribution in [2.24, 2.45) is 0 Å². The molecule has 0 radical (unpaired) electrons. The third-order valence-corrected chi connectivity index (χ3v) is 3.73. The van der Waals surface area contributed by atoms with Crippen molar-refractivity contribution >= 4 is 6.29 Å². The van der Waals surface area contributed by atoms with E-state index in [-0.39, 0.29) is 0 Å². The quantitative estimate of drug-likeness (QED) is 0.438. The van der Waals surface area contributed by atoms with Gasteiger partial charge in [0, 0.05) is 13.1 Å². The van der Waals surface area contributed by atoms with Gasteiger partial charge in [-0.05, 0) is 11.1 Å². The molecule has 0 aliphatic rings. The summed E-state index contributed by atoms with van der Waals surface area (Å²) in [4.78, 5) is 16.9. The number of rotatable bonds is 10. The van der Waals surface area contributed by atoms with Crippen molar-refractivity contribution in [1.82, 2.24) is 5.06 Å². The fourth-order valence-corrected chi connectivity index (χ4v) is 2.37. The first-order valence-electron chi connectivity index (χ1n) is 8.06. The van der Waals surface area contributed by atoms with Gasteiger partial charge in [-0.15, -0.1) is 0 Å². The third-order valence-electron chi connectivity index (χ3n) is 3.73. The minimum Gasteiger partial charge on any atom is -0.394 e. The summed E-state index contributed by atoms with van der Waals surface area (Å²) in [6, 6.07) is 19.1. The molecule has 2 aromatic rings. The Bertz CT molecular complexity index is 581. The number of carbonyl (C=O) groups excluding carboxylic acids is 1. The van der Waals surface area contributed by atoms with Gasteiger partial charge in [0.25, 0.3) is 0 Å². The van der Waals surface area contributed by atoms with E-state index in [2.05, 4.69) is 0 Å². The highest BCUT2D eigenvalue weighted by Gasteiger charge is 2.29. The first kappa shape index (κ1) is 19.2. The molecule has 0 saturated carbocycles. The van der Waals surface area contributed by atoms with Crippen molar-refractivity contribution < 1.29 is 25.0 Å². The Morgan fingerprint density at radius 2 is 1.40 bits per heavy atom. The molecule has 2 aromatic carbocycles. The zero-order chi connectivity index (χ0) is 18.1. The van der Waals surface area contributed by atoms with Crippen LogP contribution >= 0.6 is 0 Å². The van der Waals surface area contributed by atoms with Crippen LogP contribution in [0.4, 0.5) is 0 Å². The molecule has 3 atom stereocenters. The van der Waals surface area contributed by atoms with Crippen LogP contribution in [0.15, 0.2) is 60.7 Å². The van der Waals surface area contributed by atoms with E-state index in [0.29, 0.717) is 19.4 Å². The molecule has 0 aliphatic heterocycles. The molecule has 0 saturated heterocycles. The fourth-order valence-electron chi connectivity index (χ4n) is 2.37. The summed E-state index contributed by atoms with van der Waals surface area (Å²) in [5, 5.41) is 30.0. The average Bonchev–Trinajstić information content (AvgIpc) is 2.66. The van der Waals surface area contributed by atoms with E-state index in [1.165, 1.54) is 0 Å². The highest BCUT2D eigenvalue weighted by atomic mass is 16.7. The van der Waals surface area contributed by atoms with Crippen molar-refractivity contribution in [3.05, 3.63) is 71.8 Å². The zero-order valence-corrected chi connectivity index (χ0v) is 13.8. The predicted octanol–water partition coefficient (Wildman–Crippen LogP) is 0.902. The molecule has 0 fully saturated rings. The van der Waals surface area contributed by atoms with Crippen LogP contribution in [-0.4, -0.2) is 51.6 Å². The summed E-state index contributed by atoms with van der Waals surface area (Å²) in [5.74, 6) is 0. The lowest BCUT2D eigenvalue weighted by molar-refractivity contribution is -0.235. The number of aliphatic hydroxyl groups is 3. The van der Waals surface area contributed by atoms with E-state index < -0.39 is 24.9 Å². The van der Waals surface area contributed by atoms with E-state index in [0.717, 1.165) is 11.1 Å². The molecule has 0 heterocycles. The summed E-state index contributed by atoms with van der Waals surface area (Å²) < 4.78 is 0. The van der Waals surface area contributed by atoms with Crippen LogP contribution in [0.1, 0.15) is 11.1 Å². The van der Waals surface area contributed by atoms with Gasteiger partial charge in [-0.3, -0.25) is 4.84 Å². The summed E-state index contributed by atoms with van der Waals surface area (Å²) in [7, 11) is 0. The van der Waals surface area contributed by atoms with Gasteiger partial charge in [-0.25, -0.2) is 0 Å². The van der Waals surface area contributed by atoms with Gasteiger partial charge in [0.05, 0.1) is 6.61 Å². The van der Waals surface area contributed by atoms with Gasteiger partial charge in [-0.2, -0.15) is 5.06 Å². The van der Waals surface area contributed by atoms with Gasteiger partial charge in [0.1, 0.15) is 12.2 Å². The van der Waals surface area contributed by atoms with Crippen LogP contribution in [0.5, 0.6) is 0 Å². The predicted molar refractivity (Wildman–Crippen MR) is 92.2 cm³/mol. The van der Waals surface area contributed by atoms with Crippen molar-refractivity contribution in [1.29, 1.82) is 0 Å². The Labute approximate surface area is 146 Å². The maximum absolute atomic E-state index is 11.3. The Hall–Kier alpha value is -2.09. The molecule has 6 heteroatoms. The molecule has 0 aromatic heterocycles. The standard InChI is InChI=1S/C19H23NO5/c21-13-17(23)19(24)18(14-22)25-20(11-15-7-3-1-4-8-15)12-16-9-5-2-6-10-16/h1-10,14,17-19,21,23-24H,11-13H2/t17-,18-,19-/m1/s1. The number of aldehydes is 1. The van der Waals surface area contributed by atoms with E-state index in [9.17, 15) is 15.0 Å². The van der Waals surface area contributed by atoms with Gasteiger partial charge >= 0.3 is 0 Å². The first-order valence-corrected chi connectivity index (χ1v) is 8.06. The number of aliphatic hydroxyl groups excluding tert-OH is 3. The van der Waals surface area contributed by atoms with Crippen LogP contribution in [0.25, 0.3) is 0 Å². The molecule has 3 N–H and O–H groups in total. The lowest BCUT2D eigenvalue weighted by atomic mass is 10.1. The Balaban J connectivity index is 2.13. The molecule has 0 bridgehead atoms. The van der Waals surface area contributed by atoms with Crippen LogP contribution in [0, 0.1) is 0 Å². The monoisotopic (exact) mass is 345 g/mol. The number of hydrogen-bond donors (Lipinski definition) is 3. The van der Waals surface area contributed by atoms with Crippen molar-refractivity contribution in [2.45, 2.75) is 31.4 Å². The largest absolute Gasteiger partial charge is 0.394 e. The molecular formula is C19H23NO5. The lowest BCUT2D eigenvalue weighted by Crippen LogP contribution is -2.45. The van der Waals surface area contributed by atoms with Crippen molar-refractivity contribution in [2.75, 3.05) is 6.61 Å². The van der Waals surface area contributed by atoms with E-state index in [1.807, 2.05) is 60.7 Å². The number of hydroxylamine groups is 2. The maximum Gasteiger partial charge on any atom is 0.163 e. The molecule has 0 spiro atoms. The van der Waals surface area contributed by atoms with Gasteiger partial charge in [0.2, 0.25) is 0 Å². The number of benzene rings is 2. The fraction of sp³-hybridized carbons (Fsp3) is 0.316. The SMILES string of the molecule is O=C[C@@H](ON(Cc1ccccc1)Cc1ccccc1)[C@H](O)[C@H](O)CO. The van der Waals surface area contributed by atoms with Gasteiger partial charge < -0.3 is 20.1 Å². The van der Waals surface area contributed by atoms with Crippen LogP contribution < -0.4 is 0 Å². The molecule has 2 rings (SSSR count). The Morgan fingerprint density at radius 3 is 1.80 bits per heavy atom. The highest BCUT2D eigenvalue weighted by Crippen LogP contribution is 2.14. The van der Waals surface area contributed by atoms with Crippen molar-refractivity contribution in [3.63, 3.8) is 0 Å². The highest BCUT2D eigenvalue weighted by molar-refractivity contribution is 5.57. The molecule has 0 unspecified atom stereocenters. The topological polar surface area (TPSA) is 90.2 Å². The van der Waals surface area contributed by atoms with Crippen LogP contribution in [0.3, 0.4) is 0 Å². The normalized spacial score (nSPS) is 14.9. The molecular weight excluding hydrogens is 322 g/mol. The van der Waals surface area contributed by atoms with Gasteiger partial charge in [0.15, 0.2) is 12.4 Å². The van der Waals surface area contributed by atoms with E-state index in [4.69, 9.17) is 9.94 Å². The second kappa shape index (κ2) is 10.0. The molecule has 6 nitrogen and oxygen atoms in total. The molecule has 0 aliphatic carbocycles. The number of nitrogens with zero attached hydrogens (tertiary/aromatic N) is 1. The Morgan fingerprint density at radius 1 is 0.920 bits per heavy atom. The second-order valence-electron chi connectivity index (χ2n) is 5.72. The number of carbonyl (C=O) groups is 1. The van der Waals surface area contributed by atoms with E-state index in [1.54, 1.807) is 5.06 Å². The third kappa shape index (κ3) is 6.04. The van der Waals surface area contributed by atoms with Crippen LogP contribution in [0.2, 0.25) is 0 Å². The minimum absolute atomic E-state index is 0.391. The lowest BCUT2D eigenvalue weighted by Gasteiger charge is -2.29. The summed E-state index contributed by atoms with van der Waals surface area (Å²) in [6.07, 6.45) is -3.83. The maximum atomic E-state index is 11.3. The van der Waals surface area contributed by atoms with E-state index >= 15 is 0 Å². The minimum atomic E-state index is -1.52. The molecule has 0 amide bonds. The van der Waals surface area contributed by atoms with Gasteiger partial charge in [-0.1, -0.05) is 60.7 Å². The number of hydrogen-bond acceptors (Lipinski definition) is 6. The Kier molecular flexibility index (Phi) is 7.72. The van der Waals surface area contributed by atoms with Crippen LogP contribution in [-0.2, 0) is 22.7 Å². The summed E-state index contributed by atoms with van der Waals surface area (Å²) in [6.45, 7) is 0.121. The zero-order valence-electron chi connectivity index (χ0n) is 13.8. The molecule has 134 valence electrons.